The van der Waals surface area contributed by atoms with E-state index in [4.69, 9.17) is 15.0 Å². The summed E-state index contributed by atoms with van der Waals surface area (Å²) in [6.45, 7) is 0. The molecule has 0 spiro atoms. The Bertz CT molecular complexity index is 2960. The molecule has 0 aliphatic carbocycles. The second kappa shape index (κ2) is 15.3. The molecule has 7 heterocycles. The van der Waals surface area contributed by atoms with Gasteiger partial charge in [0, 0.05) is 85.8 Å². The Morgan fingerprint density at radius 3 is 0.712 bits per heavy atom. The van der Waals surface area contributed by atoms with E-state index in [9.17, 15) is 0 Å². The van der Waals surface area contributed by atoms with Crippen LogP contribution in [0.3, 0.4) is 0 Å². The van der Waals surface area contributed by atoms with E-state index in [1.54, 1.807) is 0 Å². The van der Waals surface area contributed by atoms with Gasteiger partial charge in [0.05, 0.1) is 34.1 Å². The number of dihydropyridines is 3. The Balaban J connectivity index is 1.10. The van der Waals surface area contributed by atoms with Gasteiger partial charge in [-0.3, -0.25) is 14.7 Å². The maximum atomic E-state index is 5.60. The number of nitrogens with one attached hydrogen (secondary N) is 3. The van der Waals surface area contributed by atoms with Gasteiger partial charge >= 0.3 is 0 Å². The van der Waals surface area contributed by atoms with Gasteiger partial charge in [-0.05, 0) is 72.9 Å². The molecule has 0 saturated carbocycles. The number of para-hydroxylation sites is 6. The van der Waals surface area contributed by atoms with Crippen LogP contribution in [0, 0.1) is 0 Å². The maximum Gasteiger partial charge on any atom is 0.241 e. The largest absolute Gasteiger partial charge is 0.361 e. The summed E-state index contributed by atoms with van der Waals surface area (Å²) in [5.41, 5.74) is 18.4. The zero-order valence-corrected chi connectivity index (χ0v) is 35.5. The third kappa shape index (κ3) is 5.84. The molecular weight excluding hydrogens is 811 g/mol. The molecule has 0 unspecified atom stereocenters. The van der Waals surface area contributed by atoms with Crippen molar-refractivity contribution < 1.29 is 0 Å². The second-order valence-corrected chi connectivity index (χ2v) is 16.3. The van der Waals surface area contributed by atoms with Crippen molar-refractivity contribution in [2.75, 3.05) is 14.7 Å². The van der Waals surface area contributed by atoms with Crippen LogP contribution < -0.4 is 30.7 Å². The Kier molecular flexibility index (Phi) is 8.63. The Labute approximate surface area is 382 Å². The molecule has 7 aromatic rings. The van der Waals surface area contributed by atoms with E-state index < -0.39 is 0 Å². The highest BCUT2D eigenvalue weighted by atomic mass is 15.4. The van der Waals surface area contributed by atoms with E-state index in [0.717, 1.165) is 101 Å². The molecule has 0 radical (unpaired) electrons. The predicted octanol–water partition coefficient (Wildman–Crippen LogP) is 12.5. The molecule has 0 amide bonds. The van der Waals surface area contributed by atoms with E-state index in [0.29, 0.717) is 17.8 Å². The van der Waals surface area contributed by atoms with E-state index in [1.807, 2.05) is 36.8 Å². The van der Waals surface area contributed by atoms with Gasteiger partial charge in [0.15, 0.2) is 0 Å². The number of aromatic nitrogens is 3. The van der Waals surface area contributed by atoms with Crippen molar-refractivity contribution in [3.8, 4) is 0 Å². The van der Waals surface area contributed by atoms with Gasteiger partial charge < -0.3 is 16.0 Å². The summed E-state index contributed by atoms with van der Waals surface area (Å²) in [7, 11) is 0. The van der Waals surface area contributed by atoms with Crippen molar-refractivity contribution in [2.24, 2.45) is 0 Å². The smallest absolute Gasteiger partial charge is 0.241 e. The summed E-state index contributed by atoms with van der Waals surface area (Å²) in [6, 6.07) is 51.1. The van der Waals surface area contributed by atoms with E-state index in [1.165, 1.54) is 0 Å². The number of benzene rings is 6. The molecule has 13 rings (SSSR count). The maximum absolute atomic E-state index is 5.60. The van der Waals surface area contributed by atoms with Gasteiger partial charge in [-0.25, -0.2) is 0 Å². The van der Waals surface area contributed by atoms with Crippen LogP contribution in [-0.4, -0.2) is 15.0 Å². The summed E-state index contributed by atoms with van der Waals surface area (Å²) < 4.78 is 0. The highest BCUT2D eigenvalue weighted by Crippen LogP contribution is 2.54. The number of nitrogens with zero attached hydrogens (tertiary/aromatic N) is 6. The van der Waals surface area contributed by atoms with E-state index >= 15 is 0 Å². The Hall–Kier alpha value is -9.21. The normalized spacial score (nSPS) is 15.9. The van der Waals surface area contributed by atoms with Crippen LogP contribution in [0.15, 0.2) is 236 Å². The molecule has 6 aromatic carbocycles. The van der Waals surface area contributed by atoms with Crippen LogP contribution in [0.5, 0.6) is 0 Å². The highest BCUT2D eigenvalue weighted by Gasteiger charge is 2.37. The van der Waals surface area contributed by atoms with Gasteiger partial charge in [0.2, 0.25) is 17.8 Å². The third-order valence-corrected chi connectivity index (χ3v) is 12.6. The molecule has 9 heteroatoms. The lowest BCUT2D eigenvalue weighted by Gasteiger charge is -2.38. The molecule has 3 N–H and O–H groups in total. The first-order valence-corrected chi connectivity index (χ1v) is 22.1. The second-order valence-electron chi connectivity index (χ2n) is 16.3. The van der Waals surface area contributed by atoms with Gasteiger partial charge in [0.1, 0.15) is 0 Å². The minimum absolute atomic E-state index is 0.480. The Morgan fingerprint density at radius 2 is 0.500 bits per heavy atom. The number of hydrogen-bond donors (Lipinski definition) is 3. The molecule has 66 heavy (non-hydrogen) atoms. The SMILES string of the molecule is C1=CNC(=C2c3ccccc3N(c3nc(N4c5ccccc5C(=C5C=CC=CN5)c5ccccc54)nc(N4c5ccccc5C(=C5C=CC=CN5)c5ccccc54)n3)c3ccccc32)C=C1. The van der Waals surface area contributed by atoms with Gasteiger partial charge in [-0.15, -0.1) is 0 Å². The van der Waals surface area contributed by atoms with Crippen LogP contribution in [0.25, 0.3) is 16.7 Å². The molecule has 0 fully saturated rings. The van der Waals surface area contributed by atoms with Crippen molar-refractivity contribution in [1.29, 1.82) is 0 Å². The lowest BCUT2D eigenvalue weighted by atomic mass is 9.88. The van der Waals surface area contributed by atoms with Crippen LogP contribution in [0.4, 0.5) is 52.0 Å². The third-order valence-electron chi connectivity index (χ3n) is 12.6. The predicted molar refractivity (Wildman–Crippen MR) is 266 cm³/mol. The first-order chi connectivity index (χ1) is 32.8. The molecule has 6 aliphatic heterocycles. The van der Waals surface area contributed by atoms with Crippen molar-refractivity contribution in [3.63, 3.8) is 0 Å². The van der Waals surface area contributed by atoms with Crippen LogP contribution in [0.1, 0.15) is 33.4 Å². The average Bonchev–Trinajstić information content (AvgIpc) is 3.39. The average molecular weight is 850 g/mol. The summed E-state index contributed by atoms with van der Waals surface area (Å²) in [6.07, 6.45) is 24.6. The summed E-state index contributed by atoms with van der Waals surface area (Å²) >= 11 is 0. The molecule has 6 aliphatic rings. The van der Waals surface area contributed by atoms with Crippen molar-refractivity contribution in [1.82, 2.24) is 30.9 Å². The number of rotatable bonds is 3. The zero-order chi connectivity index (χ0) is 43.6. The molecule has 0 atom stereocenters. The number of hydrogen-bond acceptors (Lipinski definition) is 9. The molecule has 312 valence electrons. The topological polar surface area (TPSA) is 84.5 Å². The number of allylic oxidation sites excluding steroid dienone is 9. The fourth-order valence-corrected chi connectivity index (χ4v) is 9.91. The quantitative estimate of drug-likeness (QED) is 0.161. The van der Waals surface area contributed by atoms with Crippen LogP contribution in [0.2, 0.25) is 0 Å². The standard InChI is InChI=1S/C57H39N9/c1-7-28-46-37(19-1)52(43-25-13-16-34-58-43)38-20-2-8-29-47(38)64(46)55-61-56(65-48-30-9-3-21-39(48)53(44-26-14-17-35-59-44)40-22-4-10-31-49(40)65)63-57(62-55)66-50-32-11-5-23-41(50)54(45-27-15-18-36-60-45)42-24-6-12-33-51(42)66/h1-36,58-60H. The summed E-state index contributed by atoms with van der Waals surface area (Å²) in [4.78, 5) is 23.4. The number of anilines is 9. The van der Waals surface area contributed by atoms with Crippen molar-refractivity contribution >= 4 is 68.7 Å². The van der Waals surface area contributed by atoms with Gasteiger partial charge in [-0.1, -0.05) is 127 Å². The van der Waals surface area contributed by atoms with Crippen LogP contribution in [-0.2, 0) is 0 Å². The van der Waals surface area contributed by atoms with E-state index in [2.05, 4.69) is 213 Å². The minimum Gasteiger partial charge on any atom is -0.361 e. The lowest BCUT2D eigenvalue weighted by Crippen LogP contribution is -2.28. The van der Waals surface area contributed by atoms with Gasteiger partial charge in [-0.2, -0.15) is 15.0 Å². The first-order valence-electron chi connectivity index (χ1n) is 22.1. The number of fused-ring (bicyclic) bond motifs is 6. The Morgan fingerprint density at radius 1 is 0.273 bits per heavy atom. The fraction of sp³-hybridized carbons (Fsp3) is 0. The van der Waals surface area contributed by atoms with Crippen molar-refractivity contribution in [3.05, 3.63) is 269 Å². The molecule has 0 saturated heterocycles. The lowest BCUT2D eigenvalue weighted by molar-refractivity contribution is 0.952. The molecule has 0 bridgehead atoms. The van der Waals surface area contributed by atoms with Crippen LogP contribution >= 0.6 is 0 Å². The fourth-order valence-electron chi connectivity index (χ4n) is 9.91. The molecule has 1 aromatic heterocycles. The highest BCUT2D eigenvalue weighted by molar-refractivity contribution is 6.05. The monoisotopic (exact) mass is 849 g/mol. The molecule has 9 nitrogen and oxygen atoms in total. The molecular formula is C57H39N9. The van der Waals surface area contributed by atoms with E-state index in [-0.39, 0.29) is 0 Å². The van der Waals surface area contributed by atoms with Crippen molar-refractivity contribution in [2.45, 2.75) is 0 Å². The van der Waals surface area contributed by atoms with Gasteiger partial charge in [0.25, 0.3) is 0 Å². The zero-order valence-electron chi connectivity index (χ0n) is 35.5. The summed E-state index contributed by atoms with van der Waals surface area (Å²) in [5, 5.41) is 10.6. The summed E-state index contributed by atoms with van der Waals surface area (Å²) in [5.74, 6) is 1.44. The minimum atomic E-state index is 0.480. The first kappa shape index (κ1) is 37.4.